The normalized spacial score (nSPS) is 21.6. The quantitative estimate of drug-likeness (QED) is 0.473. The largest absolute Gasteiger partial charge is 0.460 e. The maximum atomic E-state index is 13.0. The van der Waals surface area contributed by atoms with Crippen molar-refractivity contribution in [2.24, 2.45) is 9.98 Å². The number of nitrogens with zero attached hydrogens (tertiary/aromatic N) is 3. The van der Waals surface area contributed by atoms with Gasteiger partial charge in [0.1, 0.15) is 22.5 Å². The molecule has 2 aromatic rings. The van der Waals surface area contributed by atoms with Crippen molar-refractivity contribution in [3.8, 4) is 0 Å². The molecule has 1 aromatic heterocycles. The fraction of sp³-hybridized carbons (Fsp3) is 0.464. The summed E-state index contributed by atoms with van der Waals surface area (Å²) in [6, 6.07) is 8.06. The van der Waals surface area contributed by atoms with E-state index in [0.29, 0.717) is 6.54 Å². The number of aliphatic imine (C=N–C) groups is 2. The molecule has 0 bridgehead atoms. The number of aryl methyl sites for hydroxylation is 2. The lowest BCUT2D eigenvalue weighted by Gasteiger charge is -2.29. The number of hydrogen-bond acceptors (Lipinski definition) is 6. The van der Waals surface area contributed by atoms with Crippen LogP contribution in [-0.4, -0.2) is 35.7 Å². The Morgan fingerprint density at radius 3 is 2.53 bits per heavy atom. The van der Waals surface area contributed by atoms with Crippen LogP contribution in [-0.2, 0) is 9.53 Å². The molecule has 1 atom stereocenters. The zero-order valence-corrected chi connectivity index (χ0v) is 22.2. The van der Waals surface area contributed by atoms with E-state index >= 15 is 0 Å². The number of benzene rings is 1. The Morgan fingerprint density at radius 2 is 1.85 bits per heavy atom. The van der Waals surface area contributed by atoms with Crippen molar-refractivity contribution < 1.29 is 9.53 Å². The van der Waals surface area contributed by atoms with Gasteiger partial charge in [-0.3, -0.25) is 19.7 Å². The zero-order chi connectivity index (χ0) is 24.6. The number of carbonyl (C=O) groups excluding carboxylic acids is 1. The number of ether oxygens (including phenoxy) is 1. The van der Waals surface area contributed by atoms with E-state index < -0.39 is 11.6 Å². The zero-order valence-electron chi connectivity index (χ0n) is 21.4. The van der Waals surface area contributed by atoms with Gasteiger partial charge in [0.15, 0.2) is 0 Å². The van der Waals surface area contributed by atoms with Crippen molar-refractivity contribution >= 4 is 33.9 Å². The molecule has 5 nitrogen and oxygen atoms in total. The van der Waals surface area contributed by atoms with E-state index in [0.717, 1.165) is 46.2 Å². The minimum absolute atomic E-state index is 0.155. The third kappa shape index (κ3) is 5.02. The average molecular weight is 478 g/mol. The van der Waals surface area contributed by atoms with Gasteiger partial charge in [-0.25, -0.2) is 0 Å². The number of thiophene rings is 1. The lowest BCUT2D eigenvalue weighted by Crippen LogP contribution is -2.39. The number of fused-ring (bicyclic) bond motifs is 3. The highest BCUT2D eigenvalue weighted by molar-refractivity contribution is 7.17. The van der Waals surface area contributed by atoms with Gasteiger partial charge in [0.05, 0.1) is 12.1 Å². The van der Waals surface area contributed by atoms with Gasteiger partial charge in [-0.1, -0.05) is 35.9 Å². The summed E-state index contributed by atoms with van der Waals surface area (Å²) in [5, 5.41) is 1.13. The molecule has 0 saturated heterocycles. The van der Waals surface area contributed by atoms with Crippen LogP contribution >= 0.6 is 11.3 Å². The van der Waals surface area contributed by atoms with Crippen molar-refractivity contribution in [1.29, 1.82) is 0 Å². The molecule has 3 heterocycles. The Bertz CT molecular complexity index is 1180. The average Bonchev–Trinajstić information content (AvgIpc) is 2.94. The van der Waals surface area contributed by atoms with Gasteiger partial charge in [0.25, 0.3) is 0 Å². The molecule has 0 saturated carbocycles. The maximum absolute atomic E-state index is 13.0. The van der Waals surface area contributed by atoms with Gasteiger partial charge in [-0.2, -0.15) is 0 Å². The lowest BCUT2D eigenvalue weighted by atomic mass is 9.99. The minimum atomic E-state index is -0.546. The van der Waals surface area contributed by atoms with E-state index in [-0.39, 0.29) is 12.4 Å². The number of esters is 1. The van der Waals surface area contributed by atoms with Crippen LogP contribution in [0.15, 0.2) is 46.0 Å². The van der Waals surface area contributed by atoms with E-state index in [4.69, 9.17) is 14.7 Å². The number of rotatable bonds is 3. The number of amidine groups is 1. The molecule has 0 N–H and O–H groups in total. The van der Waals surface area contributed by atoms with Crippen LogP contribution in [0.1, 0.15) is 74.1 Å². The summed E-state index contributed by atoms with van der Waals surface area (Å²) in [5.41, 5.74) is 6.14. The van der Waals surface area contributed by atoms with Crippen molar-refractivity contribution in [3.05, 3.63) is 63.2 Å². The summed E-state index contributed by atoms with van der Waals surface area (Å²) in [7, 11) is 0. The predicted octanol–water partition coefficient (Wildman–Crippen LogP) is 6.53. The summed E-state index contributed by atoms with van der Waals surface area (Å²) < 4.78 is 5.71. The van der Waals surface area contributed by atoms with Crippen LogP contribution in [0.3, 0.4) is 0 Å². The van der Waals surface area contributed by atoms with Gasteiger partial charge in [-0.05, 0) is 66.9 Å². The Morgan fingerprint density at radius 1 is 1.15 bits per heavy atom. The lowest BCUT2D eigenvalue weighted by molar-refractivity contribution is -0.154. The molecular weight excluding hydrogens is 442 g/mol. The van der Waals surface area contributed by atoms with Crippen LogP contribution in [0, 0.1) is 20.8 Å². The molecule has 2 aliphatic heterocycles. The first-order valence-corrected chi connectivity index (χ1v) is 12.8. The third-order valence-corrected chi connectivity index (χ3v) is 7.34. The molecule has 4 rings (SSSR count). The molecule has 0 spiro atoms. The first-order valence-electron chi connectivity index (χ1n) is 12.0. The number of carbonyl (C=O) groups is 1. The van der Waals surface area contributed by atoms with Crippen molar-refractivity contribution in [3.63, 3.8) is 0 Å². The standard InChI is InChI=1S/C28H35N3O2S/c1-17-11-13-21(14-12-17)25-24-19(3)20(4)34-27(24)31-18(2)10-8-9-15-29-26(31)22(30-25)16-23(32)33-28(5,6)7/h10-14,22H,8-9,15-16H2,1-7H3/b18-10+,29-26-/t22-/m0/s1. The predicted molar refractivity (Wildman–Crippen MR) is 143 cm³/mol. The molecule has 34 heavy (non-hydrogen) atoms. The summed E-state index contributed by atoms with van der Waals surface area (Å²) >= 11 is 1.78. The second kappa shape index (κ2) is 9.49. The molecule has 0 aliphatic carbocycles. The molecule has 6 heteroatoms. The minimum Gasteiger partial charge on any atom is -0.460 e. The van der Waals surface area contributed by atoms with E-state index in [1.165, 1.54) is 16.0 Å². The van der Waals surface area contributed by atoms with Crippen molar-refractivity contribution in [1.82, 2.24) is 0 Å². The maximum Gasteiger partial charge on any atom is 0.308 e. The monoisotopic (exact) mass is 477 g/mol. The third-order valence-electron chi connectivity index (χ3n) is 6.15. The summed E-state index contributed by atoms with van der Waals surface area (Å²) in [6.07, 6.45) is 4.41. The molecule has 0 amide bonds. The smallest absolute Gasteiger partial charge is 0.308 e. The van der Waals surface area contributed by atoms with Crippen molar-refractivity contribution in [2.45, 2.75) is 79.4 Å². The Hall–Kier alpha value is -2.73. The highest BCUT2D eigenvalue weighted by atomic mass is 32.1. The highest BCUT2D eigenvalue weighted by Crippen LogP contribution is 2.42. The van der Waals surface area contributed by atoms with Gasteiger partial charge in [-0.15, -0.1) is 11.3 Å². The Labute approximate surface area is 207 Å². The molecular formula is C28H35N3O2S. The second-order valence-electron chi connectivity index (χ2n) is 10.2. The van der Waals surface area contributed by atoms with Gasteiger partial charge < -0.3 is 4.74 Å². The van der Waals surface area contributed by atoms with Crippen LogP contribution in [0.4, 0.5) is 5.00 Å². The van der Waals surface area contributed by atoms with E-state index in [1.807, 2.05) is 20.8 Å². The molecule has 2 aliphatic rings. The van der Waals surface area contributed by atoms with Crippen LogP contribution < -0.4 is 4.90 Å². The molecule has 180 valence electrons. The first kappa shape index (κ1) is 24.4. The van der Waals surface area contributed by atoms with E-state index in [9.17, 15) is 4.79 Å². The fourth-order valence-corrected chi connectivity index (χ4v) is 5.61. The molecule has 1 aromatic carbocycles. The van der Waals surface area contributed by atoms with E-state index in [1.54, 1.807) is 11.3 Å². The summed E-state index contributed by atoms with van der Waals surface area (Å²) in [6.45, 7) is 15.0. The van der Waals surface area contributed by atoms with Gasteiger partial charge >= 0.3 is 5.97 Å². The Kier molecular flexibility index (Phi) is 6.81. The first-order chi connectivity index (χ1) is 16.0. The SMILES string of the molecule is C/C1=C\CCC/N=C2/[C@H](CC(=O)OC(C)(C)C)N=C(c3ccc(C)cc3)c3c(sc(C)c3C)N21. The summed E-state index contributed by atoms with van der Waals surface area (Å²) in [5.74, 6) is 0.581. The number of anilines is 1. The van der Waals surface area contributed by atoms with E-state index in [2.05, 4.69) is 62.9 Å². The molecule has 0 unspecified atom stereocenters. The number of allylic oxidation sites excluding steroid dienone is 2. The van der Waals surface area contributed by atoms with Gasteiger partial charge in [0, 0.05) is 28.2 Å². The Balaban J connectivity index is 1.94. The van der Waals surface area contributed by atoms with Crippen LogP contribution in [0.2, 0.25) is 0 Å². The topological polar surface area (TPSA) is 54.3 Å². The highest BCUT2D eigenvalue weighted by Gasteiger charge is 2.36. The molecule has 0 radical (unpaired) electrons. The second-order valence-corrected chi connectivity index (χ2v) is 11.4. The van der Waals surface area contributed by atoms with Gasteiger partial charge in [0.2, 0.25) is 0 Å². The number of hydrogen-bond donors (Lipinski definition) is 0. The summed E-state index contributed by atoms with van der Waals surface area (Å²) in [4.78, 5) is 26.8. The van der Waals surface area contributed by atoms with Crippen LogP contribution in [0.5, 0.6) is 0 Å². The molecule has 0 fully saturated rings. The van der Waals surface area contributed by atoms with Crippen molar-refractivity contribution in [2.75, 3.05) is 11.4 Å². The fourth-order valence-electron chi connectivity index (χ4n) is 4.39. The van der Waals surface area contributed by atoms with Crippen LogP contribution in [0.25, 0.3) is 0 Å².